The number of hydrogen-bond acceptors (Lipinski definition) is 3. The number of carbonyl (C=O) groups is 1. The summed E-state index contributed by atoms with van der Waals surface area (Å²) in [5.41, 5.74) is 2.00. The Kier molecular flexibility index (Phi) is 4.64. The van der Waals surface area contributed by atoms with Gasteiger partial charge in [-0.05, 0) is 67.8 Å². The molecule has 1 heterocycles. The van der Waals surface area contributed by atoms with E-state index in [4.69, 9.17) is 0 Å². The fourth-order valence-electron chi connectivity index (χ4n) is 2.91. The minimum Gasteiger partial charge on any atom is -0.352 e. The standard InChI is InChI=1S/C19H22N2OS/c1-13-6-4-7-14-15-8-11-23-18(15)17(12-16(13)14)19(22)20-9-5-10-21(2)3/h4,6-8,11-12H,5,9-10H2,1-3H3,(H,20,22). The van der Waals surface area contributed by atoms with E-state index in [2.05, 4.69) is 46.8 Å². The highest BCUT2D eigenvalue weighted by molar-refractivity contribution is 7.17. The van der Waals surface area contributed by atoms with Crippen LogP contribution in [0.25, 0.3) is 20.9 Å². The van der Waals surface area contributed by atoms with Crippen molar-refractivity contribution in [2.75, 3.05) is 27.2 Å². The van der Waals surface area contributed by atoms with E-state index < -0.39 is 0 Å². The van der Waals surface area contributed by atoms with E-state index in [1.54, 1.807) is 11.3 Å². The van der Waals surface area contributed by atoms with Crippen molar-refractivity contribution < 1.29 is 4.79 Å². The SMILES string of the molecule is Cc1cccc2c1cc(C(=O)NCCCN(C)C)c1sccc12. The van der Waals surface area contributed by atoms with Crippen LogP contribution >= 0.6 is 11.3 Å². The molecule has 1 aromatic heterocycles. The Morgan fingerprint density at radius 3 is 2.78 bits per heavy atom. The topological polar surface area (TPSA) is 32.3 Å². The molecule has 0 saturated heterocycles. The highest BCUT2D eigenvalue weighted by Gasteiger charge is 2.14. The Balaban J connectivity index is 1.94. The second-order valence-corrected chi connectivity index (χ2v) is 7.09. The van der Waals surface area contributed by atoms with Gasteiger partial charge >= 0.3 is 0 Å². The van der Waals surface area contributed by atoms with Crippen molar-refractivity contribution in [3.8, 4) is 0 Å². The van der Waals surface area contributed by atoms with E-state index in [0.717, 1.165) is 28.6 Å². The number of rotatable bonds is 5. The van der Waals surface area contributed by atoms with Gasteiger partial charge in [0.05, 0.1) is 5.56 Å². The van der Waals surface area contributed by atoms with Gasteiger partial charge in [0.1, 0.15) is 0 Å². The van der Waals surface area contributed by atoms with Gasteiger partial charge in [-0.1, -0.05) is 18.2 Å². The first kappa shape index (κ1) is 16.0. The molecule has 0 saturated carbocycles. The molecule has 1 N–H and O–H groups in total. The van der Waals surface area contributed by atoms with Crippen LogP contribution < -0.4 is 5.32 Å². The predicted molar refractivity (Wildman–Crippen MR) is 99.6 cm³/mol. The number of amides is 1. The molecule has 23 heavy (non-hydrogen) atoms. The number of nitrogens with one attached hydrogen (secondary N) is 1. The fraction of sp³-hybridized carbons (Fsp3) is 0.316. The van der Waals surface area contributed by atoms with Gasteiger partial charge in [0.15, 0.2) is 0 Å². The molecule has 1 amide bonds. The molecule has 3 nitrogen and oxygen atoms in total. The van der Waals surface area contributed by atoms with E-state index in [1.165, 1.54) is 16.3 Å². The van der Waals surface area contributed by atoms with Gasteiger partial charge in [0, 0.05) is 16.6 Å². The lowest BCUT2D eigenvalue weighted by Crippen LogP contribution is -2.27. The first-order valence-corrected chi connectivity index (χ1v) is 8.78. The monoisotopic (exact) mass is 326 g/mol. The van der Waals surface area contributed by atoms with Crippen molar-refractivity contribution >= 4 is 38.1 Å². The third-order valence-corrected chi connectivity index (χ3v) is 5.07. The Bertz CT molecular complexity index is 851. The maximum Gasteiger partial charge on any atom is 0.252 e. The normalized spacial score (nSPS) is 11.5. The Morgan fingerprint density at radius 2 is 2.00 bits per heavy atom. The first-order chi connectivity index (χ1) is 11.1. The van der Waals surface area contributed by atoms with Crippen LogP contribution in [0.4, 0.5) is 0 Å². The average Bonchev–Trinajstić information content (AvgIpc) is 3.00. The van der Waals surface area contributed by atoms with Gasteiger partial charge in [0.25, 0.3) is 5.91 Å². The molecule has 0 radical (unpaired) electrons. The van der Waals surface area contributed by atoms with Crippen molar-refractivity contribution in [3.05, 3.63) is 46.8 Å². The predicted octanol–water partition coefficient (Wildman–Crippen LogP) is 4.04. The van der Waals surface area contributed by atoms with E-state index in [9.17, 15) is 4.79 Å². The van der Waals surface area contributed by atoms with Crippen molar-refractivity contribution in [3.63, 3.8) is 0 Å². The van der Waals surface area contributed by atoms with E-state index in [1.807, 2.05) is 20.2 Å². The molecular weight excluding hydrogens is 304 g/mol. The molecule has 120 valence electrons. The lowest BCUT2D eigenvalue weighted by molar-refractivity contribution is 0.0954. The molecule has 0 unspecified atom stereocenters. The summed E-state index contributed by atoms with van der Waals surface area (Å²) in [5, 5.41) is 8.69. The largest absolute Gasteiger partial charge is 0.352 e. The zero-order valence-corrected chi connectivity index (χ0v) is 14.7. The smallest absolute Gasteiger partial charge is 0.252 e. The molecule has 0 spiro atoms. The highest BCUT2D eigenvalue weighted by atomic mass is 32.1. The van der Waals surface area contributed by atoms with Crippen LogP contribution in [0.15, 0.2) is 35.7 Å². The van der Waals surface area contributed by atoms with Crippen LogP contribution in [0.3, 0.4) is 0 Å². The molecule has 0 aliphatic rings. The number of hydrogen-bond donors (Lipinski definition) is 1. The van der Waals surface area contributed by atoms with Crippen LogP contribution in [0.1, 0.15) is 22.3 Å². The summed E-state index contributed by atoms with van der Waals surface area (Å²) < 4.78 is 1.08. The van der Waals surface area contributed by atoms with E-state index in [0.29, 0.717) is 6.54 Å². The van der Waals surface area contributed by atoms with E-state index >= 15 is 0 Å². The Morgan fingerprint density at radius 1 is 1.17 bits per heavy atom. The lowest BCUT2D eigenvalue weighted by atomic mass is 9.99. The summed E-state index contributed by atoms with van der Waals surface area (Å²) in [7, 11) is 4.09. The molecule has 0 bridgehead atoms. The van der Waals surface area contributed by atoms with Gasteiger partial charge < -0.3 is 10.2 Å². The van der Waals surface area contributed by atoms with Crippen molar-refractivity contribution in [2.24, 2.45) is 0 Å². The molecule has 4 heteroatoms. The Labute approximate surface area is 140 Å². The van der Waals surface area contributed by atoms with Gasteiger partial charge in [-0.2, -0.15) is 0 Å². The quantitative estimate of drug-likeness (QED) is 0.718. The Hall–Kier alpha value is -1.91. The summed E-state index contributed by atoms with van der Waals surface area (Å²) in [6.07, 6.45) is 0.957. The molecule has 0 aliphatic carbocycles. The maximum absolute atomic E-state index is 12.6. The van der Waals surface area contributed by atoms with Gasteiger partial charge in [0.2, 0.25) is 0 Å². The summed E-state index contributed by atoms with van der Waals surface area (Å²) in [6.45, 7) is 3.78. The number of thiophene rings is 1. The second kappa shape index (κ2) is 6.69. The molecule has 0 fully saturated rings. The second-order valence-electron chi connectivity index (χ2n) is 6.17. The van der Waals surface area contributed by atoms with Crippen LogP contribution in [0.5, 0.6) is 0 Å². The number of carbonyl (C=O) groups excluding carboxylic acids is 1. The minimum absolute atomic E-state index is 0.0290. The third kappa shape index (κ3) is 3.23. The molecule has 3 aromatic rings. The van der Waals surface area contributed by atoms with Gasteiger partial charge in [-0.15, -0.1) is 11.3 Å². The van der Waals surface area contributed by atoms with Crippen LogP contribution in [-0.2, 0) is 0 Å². The summed E-state index contributed by atoms with van der Waals surface area (Å²) >= 11 is 1.64. The summed E-state index contributed by atoms with van der Waals surface area (Å²) in [4.78, 5) is 14.8. The first-order valence-electron chi connectivity index (χ1n) is 7.90. The van der Waals surface area contributed by atoms with E-state index in [-0.39, 0.29) is 5.91 Å². The zero-order chi connectivity index (χ0) is 16.4. The van der Waals surface area contributed by atoms with Crippen LogP contribution in [0, 0.1) is 6.92 Å². The molecular formula is C19H22N2OS. The van der Waals surface area contributed by atoms with Crippen LogP contribution in [0.2, 0.25) is 0 Å². The minimum atomic E-state index is 0.0290. The number of nitrogens with zero attached hydrogens (tertiary/aromatic N) is 1. The van der Waals surface area contributed by atoms with Crippen molar-refractivity contribution in [1.82, 2.24) is 10.2 Å². The number of benzene rings is 2. The number of aryl methyl sites for hydroxylation is 1. The molecule has 2 aromatic carbocycles. The summed E-state index contributed by atoms with van der Waals surface area (Å²) in [6, 6.07) is 10.5. The fourth-order valence-corrected chi connectivity index (χ4v) is 3.83. The van der Waals surface area contributed by atoms with Gasteiger partial charge in [-0.3, -0.25) is 4.79 Å². The number of fused-ring (bicyclic) bond motifs is 3. The summed E-state index contributed by atoms with van der Waals surface area (Å²) in [5.74, 6) is 0.0290. The lowest BCUT2D eigenvalue weighted by Gasteiger charge is -2.11. The average molecular weight is 326 g/mol. The van der Waals surface area contributed by atoms with Crippen molar-refractivity contribution in [1.29, 1.82) is 0 Å². The van der Waals surface area contributed by atoms with Crippen molar-refractivity contribution in [2.45, 2.75) is 13.3 Å². The molecule has 0 atom stereocenters. The van der Waals surface area contributed by atoms with Gasteiger partial charge in [-0.25, -0.2) is 0 Å². The van der Waals surface area contributed by atoms with Crippen LogP contribution in [-0.4, -0.2) is 38.0 Å². The zero-order valence-electron chi connectivity index (χ0n) is 13.8. The maximum atomic E-state index is 12.6. The third-order valence-electron chi connectivity index (χ3n) is 4.13. The molecule has 0 aliphatic heterocycles. The highest BCUT2D eigenvalue weighted by Crippen LogP contribution is 2.33. The molecule has 3 rings (SSSR count).